The number of nitrogen functional groups attached to an aromatic ring is 1. The van der Waals surface area contributed by atoms with Gasteiger partial charge in [-0.1, -0.05) is 5.21 Å². The lowest BCUT2D eigenvalue weighted by atomic mass is 10.1. The molecular formula is C20H31N11O4. The molecule has 0 aromatic carbocycles. The summed E-state index contributed by atoms with van der Waals surface area (Å²) in [7, 11) is 2.98. The first kappa shape index (κ1) is 26.9. The Bertz CT molecular complexity index is 1290. The van der Waals surface area contributed by atoms with Crippen LogP contribution in [0.2, 0.25) is 0 Å². The Labute approximate surface area is 201 Å². The Morgan fingerprint density at radius 3 is 2.37 bits per heavy atom. The van der Waals surface area contributed by atoms with E-state index in [1.54, 1.807) is 0 Å². The second-order valence-corrected chi connectivity index (χ2v) is 9.37. The quantitative estimate of drug-likeness (QED) is 0.341. The highest BCUT2D eigenvalue weighted by molar-refractivity contribution is 5.98. The van der Waals surface area contributed by atoms with E-state index in [1.807, 2.05) is 41.5 Å². The molecule has 0 atom stereocenters. The van der Waals surface area contributed by atoms with Gasteiger partial charge in [-0.2, -0.15) is 9.67 Å². The summed E-state index contributed by atoms with van der Waals surface area (Å²) in [5.74, 6) is -0.183. The van der Waals surface area contributed by atoms with Crippen molar-refractivity contribution < 1.29 is 14.3 Å². The van der Waals surface area contributed by atoms with Gasteiger partial charge in [0.25, 0.3) is 11.8 Å². The molecule has 3 aromatic rings. The number of rotatable bonds is 3. The summed E-state index contributed by atoms with van der Waals surface area (Å²) >= 11 is 0. The van der Waals surface area contributed by atoms with E-state index < -0.39 is 11.9 Å². The van der Waals surface area contributed by atoms with Crippen molar-refractivity contribution >= 4 is 29.8 Å². The fraction of sp³-hybridized carbons (Fsp3) is 0.500. The van der Waals surface area contributed by atoms with E-state index in [4.69, 9.17) is 10.5 Å². The SMILES string of the molecule is CNC(=O)n1cnc(C(=O)NC(C)(C)C)c1N.Cn1nnc2c(OC=NC(C)(C)C)ncn2c1=O. The van der Waals surface area contributed by atoms with Gasteiger partial charge in [0.05, 0.1) is 5.54 Å². The number of hydrogen-bond donors (Lipinski definition) is 3. The number of nitrogens with zero attached hydrogens (tertiary/aromatic N) is 8. The lowest BCUT2D eigenvalue weighted by Crippen LogP contribution is -2.41. The van der Waals surface area contributed by atoms with E-state index in [0.717, 1.165) is 9.25 Å². The van der Waals surface area contributed by atoms with Gasteiger partial charge >= 0.3 is 11.7 Å². The Kier molecular flexibility index (Phi) is 7.94. The van der Waals surface area contributed by atoms with E-state index in [2.05, 4.69) is 35.9 Å². The first-order valence-corrected chi connectivity index (χ1v) is 10.5. The van der Waals surface area contributed by atoms with Gasteiger partial charge in [0.1, 0.15) is 18.5 Å². The molecule has 190 valence electrons. The van der Waals surface area contributed by atoms with Gasteiger partial charge in [0.2, 0.25) is 5.65 Å². The molecule has 0 aliphatic rings. The number of ether oxygens (including phenoxy) is 1. The maximum absolute atomic E-state index is 11.8. The number of aromatic nitrogens is 7. The summed E-state index contributed by atoms with van der Waals surface area (Å²) in [6.45, 7) is 11.3. The van der Waals surface area contributed by atoms with Gasteiger partial charge in [-0.25, -0.2) is 23.5 Å². The molecule has 3 heterocycles. The molecule has 3 aromatic heterocycles. The highest BCUT2D eigenvalue weighted by atomic mass is 16.5. The van der Waals surface area contributed by atoms with Gasteiger partial charge < -0.3 is 21.1 Å². The van der Waals surface area contributed by atoms with Crippen LogP contribution in [-0.4, -0.2) is 70.4 Å². The van der Waals surface area contributed by atoms with Crippen molar-refractivity contribution in [3.8, 4) is 5.88 Å². The van der Waals surface area contributed by atoms with Crippen LogP contribution in [0.3, 0.4) is 0 Å². The Morgan fingerprint density at radius 1 is 1.14 bits per heavy atom. The summed E-state index contributed by atoms with van der Waals surface area (Å²) in [6, 6.07) is -0.440. The van der Waals surface area contributed by atoms with Crippen molar-refractivity contribution in [1.29, 1.82) is 0 Å². The maximum Gasteiger partial charge on any atom is 0.352 e. The molecule has 0 unspecified atom stereocenters. The zero-order valence-corrected chi connectivity index (χ0v) is 21.0. The van der Waals surface area contributed by atoms with Gasteiger partial charge in [-0.3, -0.25) is 9.79 Å². The second kappa shape index (κ2) is 10.3. The molecule has 0 radical (unpaired) electrons. The summed E-state index contributed by atoms with van der Waals surface area (Å²) < 4.78 is 8.71. The van der Waals surface area contributed by atoms with E-state index in [1.165, 1.54) is 37.6 Å². The van der Waals surface area contributed by atoms with Crippen molar-refractivity contribution in [1.82, 2.24) is 44.6 Å². The molecule has 2 amide bonds. The molecule has 0 fully saturated rings. The number of carbonyl (C=O) groups is 2. The van der Waals surface area contributed by atoms with Crippen LogP contribution in [0.15, 0.2) is 22.4 Å². The number of anilines is 1. The number of aryl methyl sites for hydroxylation is 1. The molecule has 0 spiro atoms. The molecule has 4 N–H and O–H groups in total. The third-order valence-corrected chi connectivity index (χ3v) is 4.01. The minimum absolute atomic E-state index is 0.0195. The average Bonchev–Trinajstić information content (AvgIpc) is 3.32. The molecular weight excluding hydrogens is 458 g/mol. The van der Waals surface area contributed by atoms with Crippen molar-refractivity contribution in [3.63, 3.8) is 0 Å². The van der Waals surface area contributed by atoms with Gasteiger partial charge in [0.15, 0.2) is 12.1 Å². The largest absolute Gasteiger partial charge is 0.424 e. The lowest BCUT2D eigenvalue weighted by molar-refractivity contribution is 0.0916. The van der Waals surface area contributed by atoms with Crippen LogP contribution in [0.5, 0.6) is 5.88 Å². The van der Waals surface area contributed by atoms with Crippen LogP contribution in [0, 0.1) is 0 Å². The summed E-state index contributed by atoms with van der Waals surface area (Å²) in [6.07, 6.45) is 3.85. The fourth-order valence-electron chi connectivity index (χ4n) is 2.39. The first-order valence-electron chi connectivity index (χ1n) is 10.5. The lowest BCUT2D eigenvalue weighted by Gasteiger charge is -2.19. The van der Waals surface area contributed by atoms with Crippen LogP contribution >= 0.6 is 0 Å². The minimum Gasteiger partial charge on any atom is -0.424 e. The second-order valence-electron chi connectivity index (χ2n) is 9.37. The van der Waals surface area contributed by atoms with Gasteiger partial charge in [-0.15, -0.1) is 5.10 Å². The number of amides is 2. The van der Waals surface area contributed by atoms with E-state index in [9.17, 15) is 14.4 Å². The third kappa shape index (κ3) is 7.09. The van der Waals surface area contributed by atoms with Crippen molar-refractivity contribution in [2.24, 2.45) is 12.0 Å². The zero-order chi connectivity index (χ0) is 26.6. The molecule has 0 aliphatic carbocycles. The monoisotopic (exact) mass is 489 g/mol. The summed E-state index contributed by atoms with van der Waals surface area (Å²) in [5.41, 5.74) is 5.02. The van der Waals surface area contributed by atoms with E-state index in [-0.39, 0.29) is 39.8 Å². The number of nitrogens with one attached hydrogen (secondary N) is 2. The topological polar surface area (TPSA) is 189 Å². The van der Waals surface area contributed by atoms with Gasteiger partial charge in [0, 0.05) is 19.6 Å². The van der Waals surface area contributed by atoms with E-state index >= 15 is 0 Å². The number of aliphatic imine (C=N–C) groups is 1. The standard InChI is InChI=1S/C10H14N6O2.C10H17N5O2/c1-10(2,3)12-6-18-8-7-13-14-15(4)9(17)16(7)5-11-8;1-10(2,3)14-8(16)6-7(11)15(5-13-6)9(17)12-4/h5-6H,1-4H3;5H,11H2,1-4H3,(H,12,17)(H,14,16). The highest BCUT2D eigenvalue weighted by Crippen LogP contribution is 2.13. The van der Waals surface area contributed by atoms with Crippen LogP contribution in [0.25, 0.3) is 5.65 Å². The van der Waals surface area contributed by atoms with Crippen LogP contribution in [0.1, 0.15) is 52.0 Å². The number of imidazole rings is 2. The third-order valence-electron chi connectivity index (χ3n) is 4.01. The first-order chi connectivity index (χ1) is 16.1. The zero-order valence-electron chi connectivity index (χ0n) is 21.0. The molecule has 0 saturated carbocycles. The van der Waals surface area contributed by atoms with Crippen molar-refractivity contribution in [2.45, 2.75) is 52.6 Å². The predicted octanol–water partition coefficient (Wildman–Crippen LogP) is 0.210. The smallest absolute Gasteiger partial charge is 0.352 e. The fourth-order valence-corrected chi connectivity index (χ4v) is 2.39. The van der Waals surface area contributed by atoms with Crippen molar-refractivity contribution in [3.05, 3.63) is 28.8 Å². The summed E-state index contributed by atoms with van der Waals surface area (Å²) in [5, 5.41) is 12.6. The average molecular weight is 490 g/mol. The van der Waals surface area contributed by atoms with E-state index in [0.29, 0.717) is 0 Å². The molecule has 15 heteroatoms. The summed E-state index contributed by atoms with van der Waals surface area (Å²) in [4.78, 5) is 46.8. The van der Waals surface area contributed by atoms with Crippen LogP contribution in [0.4, 0.5) is 10.6 Å². The Balaban J connectivity index is 0.000000247. The molecule has 35 heavy (non-hydrogen) atoms. The molecule has 0 aliphatic heterocycles. The highest BCUT2D eigenvalue weighted by Gasteiger charge is 2.22. The van der Waals surface area contributed by atoms with Gasteiger partial charge in [-0.05, 0) is 41.5 Å². The Hall–Kier alpha value is -4.30. The minimum atomic E-state index is -0.440. The maximum atomic E-state index is 11.8. The molecule has 0 bridgehead atoms. The Morgan fingerprint density at radius 2 is 1.80 bits per heavy atom. The predicted molar refractivity (Wildman–Crippen MR) is 129 cm³/mol. The molecule has 15 nitrogen and oxygen atoms in total. The van der Waals surface area contributed by atoms with Crippen molar-refractivity contribution in [2.75, 3.05) is 12.8 Å². The number of carbonyl (C=O) groups excluding carboxylic acids is 2. The van der Waals surface area contributed by atoms with Crippen LogP contribution < -0.4 is 26.8 Å². The molecule has 0 saturated heterocycles. The normalized spacial score (nSPS) is 11.8. The van der Waals surface area contributed by atoms with Crippen LogP contribution in [-0.2, 0) is 7.05 Å². The molecule has 3 rings (SSSR count). The number of hydrogen-bond acceptors (Lipinski definition) is 10. The number of fused-ring (bicyclic) bond motifs is 1. The number of nitrogens with two attached hydrogens (primary N) is 1.